The molecule has 6 heteroatoms. The van der Waals surface area contributed by atoms with Gasteiger partial charge in [-0.1, -0.05) is 6.42 Å². The van der Waals surface area contributed by atoms with Crippen molar-refractivity contribution in [2.24, 2.45) is 0 Å². The van der Waals surface area contributed by atoms with E-state index in [2.05, 4.69) is 20.9 Å². The minimum absolute atomic E-state index is 0.270. The zero-order chi connectivity index (χ0) is 13.8. The van der Waals surface area contributed by atoms with Crippen LogP contribution in [0.25, 0.3) is 0 Å². The predicted octanol–water partition coefficient (Wildman–Crippen LogP) is 0.0469. The van der Waals surface area contributed by atoms with Gasteiger partial charge in [-0.25, -0.2) is 4.79 Å². The van der Waals surface area contributed by atoms with E-state index in [-0.39, 0.29) is 11.9 Å². The zero-order valence-corrected chi connectivity index (χ0v) is 11.7. The van der Waals surface area contributed by atoms with Gasteiger partial charge in [-0.15, -0.1) is 0 Å². The quantitative estimate of drug-likeness (QED) is 0.676. The highest BCUT2D eigenvalue weighted by Gasteiger charge is 2.36. The van der Waals surface area contributed by atoms with Crippen molar-refractivity contribution in [1.82, 2.24) is 20.9 Å². The van der Waals surface area contributed by atoms with E-state index in [9.17, 15) is 9.59 Å². The number of carbonyl (C=O) groups excluding carboxylic acids is 2. The summed E-state index contributed by atoms with van der Waals surface area (Å²) in [4.78, 5) is 25.4. The van der Waals surface area contributed by atoms with Crippen LogP contribution in [0.1, 0.15) is 32.6 Å². The van der Waals surface area contributed by atoms with Crippen molar-refractivity contribution < 1.29 is 9.59 Å². The summed E-state index contributed by atoms with van der Waals surface area (Å²) >= 11 is 0. The third-order valence-corrected chi connectivity index (χ3v) is 4.18. The molecule has 3 N–H and O–H groups in total. The van der Waals surface area contributed by atoms with Gasteiger partial charge in [-0.2, -0.15) is 0 Å². The molecule has 0 aromatic rings. The van der Waals surface area contributed by atoms with Gasteiger partial charge in [0.25, 0.3) is 0 Å². The Morgan fingerprint density at radius 2 is 2.00 bits per heavy atom. The molecule has 2 aliphatic heterocycles. The van der Waals surface area contributed by atoms with Crippen molar-refractivity contribution in [3.05, 3.63) is 0 Å². The van der Waals surface area contributed by atoms with E-state index in [1.807, 2.05) is 6.92 Å². The monoisotopic (exact) mass is 268 g/mol. The minimum Gasteiger partial charge on any atom is -0.341 e. The number of hydrogen-bond acceptors (Lipinski definition) is 4. The van der Waals surface area contributed by atoms with Gasteiger partial charge in [-0.3, -0.25) is 15.0 Å². The lowest BCUT2D eigenvalue weighted by Gasteiger charge is -2.33. The van der Waals surface area contributed by atoms with E-state index >= 15 is 0 Å². The maximum atomic E-state index is 11.8. The maximum Gasteiger partial charge on any atom is 0.321 e. The largest absolute Gasteiger partial charge is 0.341 e. The van der Waals surface area contributed by atoms with Crippen molar-refractivity contribution >= 4 is 11.9 Å². The van der Waals surface area contributed by atoms with Crippen LogP contribution in [-0.2, 0) is 4.79 Å². The molecule has 0 saturated carbocycles. The number of carbonyl (C=O) groups is 2. The van der Waals surface area contributed by atoms with Crippen LogP contribution in [0, 0.1) is 0 Å². The van der Waals surface area contributed by atoms with Gasteiger partial charge in [0.05, 0.1) is 6.04 Å². The Bertz CT molecular complexity index is 348. The fourth-order valence-corrected chi connectivity index (χ4v) is 3.12. The Kier molecular flexibility index (Phi) is 4.76. The first kappa shape index (κ1) is 14.3. The topological polar surface area (TPSA) is 73.5 Å². The zero-order valence-electron chi connectivity index (χ0n) is 11.7. The SMILES string of the molecule is CNC(=O)NC(=O)C(C)NC1CCN2CCCCC12. The average molecular weight is 268 g/mol. The number of urea groups is 1. The number of imide groups is 1. The molecule has 0 spiro atoms. The Morgan fingerprint density at radius 1 is 1.21 bits per heavy atom. The van der Waals surface area contributed by atoms with E-state index in [0.717, 1.165) is 13.0 Å². The molecule has 108 valence electrons. The Morgan fingerprint density at radius 3 is 2.74 bits per heavy atom. The van der Waals surface area contributed by atoms with Gasteiger partial charge in [0.15, 0.2) is 0 Å². The molecule has 0 aromatic carbocycles. The van der Waals surface area contributed by atoms with Gasteiger partial charge in [-0.05, 0) is 32.7 Å². The molecule has 3 amide bonds. The fourth-order valence-electron chi connectivity index (χ4n) is 3.12. The van der Waals surface area contributed by atoms with E-state index in [1.54, 1.807) is 0 Å². The Balaban J connectivity index is 1.83. The van der Waals surface area contributed by atoms with Crippen LogP contribution in [0.4, 0.5) is 4.79 Å². The van der Waals surface area contributed by atoms with Crippen LogP contribution in [0.3, 0.4) is 0 Å². The molecule has 3 unspecified atom stereocenters. The molecule has 0 radical (unpaired) electrons. The standard InChI is InChI=1S/C13H24N4O2/c1-9(12(18)16-13(19)14-2)15-10-6-8-17-7-4-3-5-11(10)17/h9-11,15H,3-8H2,1-2H3,(H2,14,16,18,19). The first-order valence-corrected chi connectivity index (χ1v) is 7.14. The average Bonchev–Trinajstić information content (AvgIpc) is 2.82. The van der Waals surface area contributed by atoms with E-state index in [1.165, 1.54) is 32.9 Å². The third-order valence-electron chi connectivity index (χ3n) is 4.18. The molecule has 0 bridgehead atoms. The fraction of sp³-hybridized carbons (Fsp3) is 0.846. The maximum absolute atomic E-state index is 11.8. The second-order valence-electron chi connectivity index (χ2n) is 5.45. The number of nitrogens with zero attached hydrogens (tertiary/aromatic N) is 1. The van der Waals surface area contributed by atoms with Crippen molar-refractivity contribution in [3.8, 4) is 0 Å². The van der Waals surface area contributed by atoms with Crippen molar-refractivity contribution in [1.29, 1.82) is 0 Å². The van der Waals surface area contributed by atoms with E-state index < -0.39 is 6.03 Å². The van der Waals surface area contributed by atoms with Crippen LogP contribution < -0.4 is 16.0 Å². The van der Waals surface area contributed by atoms with Crippen LogP contribution in [0.15, 0.2) is 0 Å². The summed E-state index contributed by atoms with van der Waals surface area (Å²) < 4.78 is 0. The number of hydrogen-bond donors (Lipinski definition) is 3. The van der Waals surface area contributed by atoms with E-state index in [4.69, 9.17) is 0 Å². The van der Waals surface area contributed by atoms with Gasteiger partial charge in [0.1, 0.15) is 0 Å². The summed E-state index contributed by atoms with van der Waals surface area (Å²) in [5.41, 5.74) is 0. The lowest BCUT2D eigenvalue weighted by atomic mass is 9.98. The minimum atomic E-state index is -0.454. The highest BCUT2D eigenvalue weighted by Crippen LogP contribution is 2.27. The highest BCUT2D eigenvalue weighted by atomic mass is 16.2. The third kappa shape index (κ3) is 3.45. The van der Waals surface area contributed by atoms with Crippen LogP contribution >= 0.6 is 0 Å². The predicted molar refractivity (Wildman–Crippen MR) is 72.8 cm³/mol. The molecular formula is C13H24N4O2. The number of nitrogens with one attached hydrogen (secondary N) is 3. The lowest BCUT2D eigenvalue weighted by Crippen LogP contribution is -2.53. The summed E-state index contributed by atoms with van der Waals surface area (Å²) in [6, 6.07) is 0.128. The van der Waals surface area contributed by atoms with Crippen LogP contribution in [0.5, 0.6) is 0 Å². The normalized spacial score (nSPS) is 28.5. The van der Waals surface area contributed by atoms with Gasteiger partial charge in [0, 0.05) is 25.7 Å². The second kappa shape index (κ2) is 6.34. The smallest absolute Gasteiger partial charge is 0.321 e. The molecule has 0 aromatic heterocycles. The molecule has 3 atom stereocenters. The summed E-state index contributed by atoms with van der Waals surface area (Å²) in [5.74, 6) is -0.270. The molecule has 2 fully saturated rings. The lowest BCUT2D eigenvalue weighted by molar-refractivity contribution is -0.121. The van der Waals surface area contributed by atoms with Crippen molar-refractivity contribution in [3.63, 3.8) is 0 Å². The van der Waals surface area contributed by atoms with Crippen LogP contribution in [0.2, 0.25) is 0 Å². The first-order valence-electron chi connectivity index (χ1n) is 7.14. The molecule has 6 nitrogen and oxygen atoms in total. The molecular weight excluding hydrogens is 244 g/mol. The molecule has 2 aliphatic rings. The second-order valence-corrected chi connectivity index (χ2v) is 5.45. The number of fused-ring (bicyclic) bond motifs is 1. The summed E-state index contributed by atoms with van der Waals surface area (Å²) in [6.45, 7) is 4.11. The number of piperidine rings is 1. The summed E-state index contributed by atoms with van der Waals surface area (Å²) in [6.07, 6.45) is 4.86. The first-order chi connectivity index (χ1) is 9.11. The van der Waals surface area contributed by atoms with Crippen LogP contribution in [-0.4, -0.2) is 55.1 Å². The van der Waals surface area contributed by atoms with Crippen molar-refractivity contribution in [2.75, 3.05) is 20.1 Å². The molecule has 2 heterocycles. The highest BCUT2D eigenvalue weighted by molar-refractivity contribution is 5.96. The molecule has 2 rings (SSSR count). The molecule has 19 heavy (non-hydrogen) atoms. The summed E-state index contributed by atoms with van der Waals surface area (Å²) in [7, 11) is 1.50. The van der Waals surface area contributed by atoms with Crippen molar-refractivity contribution in [2.45, 2.75) is 50.7 Å². The van der Waals surface area contributed by atoms with Gasteiger partial charge >= 0.3 is 6.03 Å². The van der Waals surface area contributed by atoms with E-state index in [0.29, 0.717) is 12.1 Å². The Hall–Kier alpha value is -1.14. The molecule has 2 saturated heterocycles. The van der Waals surface area contributed by atoms with Gasteiger partial charge in [0.2, 0.25) is 5.91 Å². The number of rotatable bonds is 3. The molecule has 0 aliphatic carbocycles. The number of amides is 3. The summed E-state index contributed by atoms with van der Waals surface area (Å²) in [5, 5.41) is 8.07. The Labute approximate surface area is 114 Å². The van der Waals surface area contributed by atoms with Gasteiger partial charge < -0.3 is 10.6 Å².